The highest BCUT2D eigenvalue weighted by Gasteiger charge is 2.14. The molecule has 0 saturated heterocycles. The lowest BCUT2D eigenvalue weighted by atomic mass is 10.2. The third kappa shape index (κ3) is 7.93. The van der Waals surface area contributed by atoms with Gasteiger partial charge < -0.3 is 10.0 Å². The maximum Gasteiger partial charge on any atom is 0.305 e. The molecule has 0 fully saturated rings. The van der Waals surface area contributed by atoms with Crippen molar-refractivity contribution in [2.45, 2.75) is 33.7 Å². The number of halogens is 1. The number of carbonyl (C=O) groups is 1. The van der Waals surface area contributed by atoms with Gasteiger partial charge in [-0.25, -0.2) is 9.37 Å². The van der Waals surface area contributed by atoms with Crippen LogP contribution in [0.25, 0.3) is 5.57 Å². The second-order valence-electron chi connectivity index (χ2n) is 5.36. The topological polar surface area (TPSA) is 53.4 Å². The van der Waals surface area contributed by atoms with Crippen molar-refractivity contribution in [3.8, 4) is 0 Å². The fraction of sp³-hybridized carbons (Fsp3) is 0.368. The molecule has 0 atom stereocenters. The minimum atomic E-state index is -0.785. The number of allylic oxidation sites excluding steroid dienone is 4. The Morgan fingerprint density at radius 3 is 2.65 bits per heavy atom. The summed E-state index contributed by atoms with van der Waals surface area (Å²) in [5, 5.41) is 13.8. The summed E-state index contributed by atoms with van der Waals surface area (Å²) in [6.45, 7) is 6.64. The predicted molar refractivity (Wildman–Crippen MR) is 110 cm³/mol. The van der Waals surface area contributed by atoms with Gasteiger partial charge in [-0.1, -0.05) is 24.3 Å². The van der Waals surface area contributed by atoms with Crippen molar-refractivity contribution in [3.05, 3.63) is 51.7 Å². The number of hydrogen-bond acceptors (Lipinski definition) is 5. The van der Waals surface area contributed by atoms with Crippen molar-refractivity contribution >= 4 is 39.3 Å². The molecule has 142 valence electrons. The first-order valence-electron chi connectivity index (χ1n) is 8.26. The lowest BCUT2D eigenvalue weighted by Crippen LogP contribution is -2.25. The molecular formula is C19H25FN2O2S2. The van der Waals surface area contributed by atoms with E-state index in [0.717, 1.165) is 16.4 Å². The summed E-state index contributed by atoms with van der Waals surface area (Å²) in [4.78, 5) is 18.7. The zero-order valence-corrected chi connectivity index (χ0v) is 16.9. The van der Waals surface area contributed by atoms with Crippen LogP contribution < -0.4 is 4.90 Å². The number of nitrogens with zero attached hydrogens (tertiary/aromatic N) is 2. The van der Waals surface area contributed by atoms with Crippen molar-refractivity contribution in [1.82, 2.24) is 4.98 Å². The average Bonchev–Trinajstić information content (AvgIpc) is 3.30. The molecule has 2 aromatic rings. The second-order valence-corrected chi connectivity index (χ2v) is 7.22. The van der Waals surface area contributed by atoms with Crippen molar-refractivity contribution in [2.75, 3.05) is 18.1 Å². The maximum atomic E-state index is 10.9. The van der Waals surface area contributed by atoms with Gasteiger partial charge in [0.2, 0.25) is 0 Å². The first-order valence-corrected chi connectivity index (χ1v) is 10.0. The average molecular weight is 397 g/mol. The van der Waals surface area contributed by atoms with E-state index < -0.39 is 5.97 Å². The van der Waals surface area contributed by atoms with Crippen LogP contribution in [-0.2, 0) is 11.3 Å². The van der Waals surface area contributed by atoms with E-state index in [-0.39, 0.29) is 13.1 Å². The van der Waals surface area contributed by atoms with Gasteiger partial charge in [-0.15, -0.1) is 22.7 Å². The zero-order valence-electron chi connectivity index (χ0n) is 15.3. The maximum absolute atomic E-state index is 10.9. The summed E-state index contributed by atoms with van der Waals surface area (Å²) >= 11 is 3.23. The Kier molecular flexibility index (Phi) is 10.5. The van der Waals surface area contributed by atoms with Gasteiger partial charge in [0, 0.05) is 16.8 Å². The number of aromatic nitrogens is 1. The van der Waals surface area contributed by atoms with Gasteiger partial charge in [0.15, 0.2) is 5.13 Å². The molecule has 0 aliphatic rings. The van der Waals surface area contributed by atoms with E-state index >= 15 is 0 Å². The first-order chi connectivity index (χ1) is 12.5. The van der Waals surface area contributed by atoms with Crippen LogP contribution in [0.2, 0.25) is 0 Å². The van der Waals surface area contributed by atoms with Crippen LogP contribution >= 0.6 is 22.7 Å². The Hall–Kier alpha value is -1.99. The van der Waals surface area contributed by atoms with Crippen LogP contribution in [0.15, 0.2) is 41.1 Å². The molecule has 0 unspecified atom stereocenters. The predicted octanol–water partition coefficient (Wildman–Crippen LogP) is 5.64. The molecule has 0 amide bonds. The van der Waals surface area contributed by atoms with E-state index in [1.54, 1.807) is 35.7 Å². The lowest BCUT2D eigenvalue weighted by molar-refractivity contribution is -0.136. The largest absolute Gasteiger partial charge is 0.481 e. The molecule has 0 aliphatic carbocycles. The summed E-state index contributed by atoms with van der Waals surface area (Å²) < 4.78 is 10.9. The lowest BCUT2D eigenvalue weighted by Gasteiger charge is -2.20. The Balaban J connectivity index is 0.000000597. The van der Waals surface area contributed by atoms with E-state index in [2.05, 4.69) is 11.1 Å². The fourth-order valence-electron chi connectivity index (χ4n) is 1.89. The second kappa shape index (κ2) is 12.4. The van der Waals surface area contributed by atoms with Crippen LogP contribution in [0.5, 0.6) is 0 Å². The highest BCUT2D eigenvalue weighted by Crippen LogP contribution is 2.27. The van der Waals surface area contributed by atoms with Crippen LogP contribution in [-0.4, -0.2) is 29.3 Å². The van der Waals surface area contributed by atoms with Crippen molar-refractivity contribution in [3.63, 3.8) is 0 Å². The molecule has 0 bridgehead atoms. The monoisotopic (exact) mass is 396 g/mol. The molecule has 26 heavy (non-hydrogen) atoms. The number of thiophene rings is 1. The number of rotatable bonds is 8. The number of aliphatic carboxylic acids is 1. The third-order valence-electron chi connectivity index (χ3n) is 3.45. The van der Waals surface area contributed by atoms with E-state index in [1.165, 1.54) is 11.0 Å². The summed E-state index contributed by atoms with van der Waals surface area (Å²) in [6, 6.07) is 4.07. The molecular weight excluding hydrogens is 371 g/mol. The minimum absolute atomic E-state index is 0.114. The first kappa shape index (κ1) is 22.1. The van der Waals surface area contributed by atoms with Crippen LogP contribution in [0.4, 0.5) is 9.52 Å². The Morgan fingerprint density at radius 2 is 2.15 bits per heavy atom. The summed E-state index contributed by atoms with van der Waals surface area (Å²) in [6.07, 6.45) is 5.28. The third-order valence-corrected chi connectivity index (χ3v) is 5.21. The Morgan fingerprint density at radius 1 is 1.38 bits per heavy atom. The van der Waals surface area contributed by atoms with Crippen LogP contribution in [0.1, 0.15) is 37.8 Å². The molecule has 0 aliphatic heterocycles. The van der Waals surface area contributed by atoms with Gasteiger partial charge in [-0.3, -0.25) is 4.79 Å². The normalized spacial score (nSPS) is 11.3. The quantitative estimate of drug-likeness (QED) is 0.587. The van der Waals surface area contributed by atoms with Gasteiger partial charge in [0.25, 0.3) is 0 Å². The minimum Gasteiger partial charge on any atom is -0.481 e. The molecule has 2 heterocycles. The van der Waals surface area contributed by atoms with E-state index in [4.69, 9.17) is 5.11 Å². The smallest absolute Gasteiger partial charge is 0.305 e. The number of hydrogen-bond donors (Lipinski definition) is 1. The van der Waals surface area contributed by atoms with Crippen molar-refractivity contribution in [1.29, 1.82) is 0 Å². The molecule has 2 rings (SSSR count). The molecule has 1 N–H and O–H groups in total. The van der Waals surface area contributed by atoms with Gasteiger partial charge in [-0.05, 0) is 37.8 Å². The molecule has 2 aromatic heterocycles. The number of carboxylic acids is 1. The highest BCUT2D eigenvalue weighted by molar-refractivity contribution is 7.14. The summed E-state index contributed by atoms with van der Waals surface area (Å²) in [5.41, 5.74) is 2.09. The van der Waals surface area contributed by atoms with Crippen molar-refractivity contribution in [2.24, 2.45) is 0 Å². The van der Waals surface area contributed by atoms with Crippen LogP contribution in [0, 0.1) is 0 Å². The van der Waals surface area contributed by atoms with E-state index in [1.807, 2.05) is 41.6 Å². The molecule has 7 heteroatoms. The number of carboxylic acid groups (broad SMARTS) is 1. The van der Waals surface area contributed by atoms with Gasteiger partial charge in [-0.2, -0.15) is 0 Å². The molecule has 0 saturated carbocycles. The van der Waals surface area contributed by atoms with Gasteiger partial charge in [0.05, 0.1) is 18.7 Å². The fourth-order valence-corrected chi connectivity index (χ4v) is 3.52. The highest BCUT2D eigenvalue weighted by atomic mass is 32.1. The molecule has 0 spiro atoms. The number of thiazole rings is 1. The molecule has 4 nitrogen and oxygen atoms in total. The summed E-state index contributed by atoms with van der Waals surface area (Å²) in [7, 11) is 0. The summed E-state index contributed by atoms with van der Waals surface area (Å²) in [5.74, 6) is -0.785. The van der Waals surface area contributed by atoms with Gasteiger partial charge in [0.1, 0.15) is 6.67 Å². The van der Waals surface area contributed by atoms with Gasteiger partial charge >= 0.3 is 5.97 Å². The van der Waals surface area contributed by atoms with Crippen LogP contribution in [0.3, 0.4) is 0 Å². The van der Waals surface area contributed by atoms with E-state index in [9.17, 15) is 9.18 Å². The SMILES string of the molecule is C/C=C(\C)c1csc(N(CCC(=O)O)Cc2cccs2)n1.C/C=C\CF. The Labute approximate surface area is 162 Å². The Bertz CT molecular complexity index is 709. The molecule has 0 radical (unpaired) electrons. The zero-order chi connectivity index (χ0) is 19.4. The molecule has 0 aromatic carbocycles. The number of anilines is 1. The standard InChI is InChI=1S/C15H18N2O2S2.C4H7F/c1-3-11(2)13-10-21-15(16-13)17(7-6-14(18)19)9-12-5-4-8-20-12;1-2-3-4-5/h3-5,8,10H,6-7,9H2,1-2H3,(H,18,19);2-3H,4H2,1H3/b11-3+;3-2-. The number of alkyl halides is 1. The van der Waals surface area contributed by atoms with E-state index in [0.29, 0.717) is 13.1 Å². The van der Waals surface area contributed by atoms with Crippen molar-refractivity contribution < 1.29 is 14.3 Å².